The lowest BCUT2D eigenvalue weighted by atomic mass is 10.0. The van der Waals surface area contributed by atoms with Crippen molar-refractivity contribution < 1.29 is 9.63 Å². The van der Waals surface area contributed by atoms with E-state index in [9.17, 15) is 5.11 Å². The molecule has 3 heterocycles. The Morgan fingerprint density at radius 1 is 1.35 bits per heavy atom. The molecular weight excluding hydrogens is 254 g/mol. The van der Waals surface area contributed by atoms with E-state index in [2.05, 4.69) is 15.0 Å². The highest BCUT2D eigenvalue weighted by Gasteiger charge is 2.32. The van der Waals surface area contributed by atoms with Crippen LogP contribution in [-0.2, 0) is 13.0 Å². The van der Waals surface area contributed by atoms with Crippen LogP contribution in [0.5, 0.6) is 0 Å². The van der Waals surface area contributed by atoms with Crippen LogP contribution >= 0.6 is 0 Å². The zero-order valence-electron chi connectivity index (χ0n) is 11.6. The van der Waals surface area contributed by atoms with Gasteiger partial charge in [-0.3, -0.25) is 9.88 Å². The van der Waals surface area contributed by atoms with Gasteiger partial charge in [-0.2, -0.15) is 0 Å². The van der Waals surface area contributed by atoms with Gasteiger partial charge in [0.05, 0.1) is 11.8 Å². The summed E-state index contributed by atoms with van der Waals surface area (Å²) in [4.78, 5) is 6.29. The minimum atomic E-state index is -0.303. The van der Waals surface area contributed by atoms with E-state index < -0.39 is 0 Å². The van der Waals surface area contributed by atoms with Crippen LogP contribution in [0.25, 0.3) is 0 Å². The molecule has 1 N–H and O–H groups in total. The summed E-state index contributed by atoms with van der Waals surface area (Å²) in [5.74, 6) is 1.07. The maximum Gasteiger partial charge on any atom is 0.137 e. The number of aliphatic hydroxyl groups is 1. The minimum absolute atomic E-state index is 0.212. The molecule has 1 saturated heterocycles. The lowest BCUT2D eigenvalue weighted by molar-refractivity contribution is 0.137. The van der Waals surface area contributed by atoms with Gasteiger partial charge in [-0.1, -0.05) is 5.16 Å². The number of likely N-dealkylation sites (tertiary alicyclic amines) is 1. The summed E-state index contributed by atoms with van der Waals surface area (Å²) < 4.78 is 5.24. The Morgan fingerprint density at radius 2 is 2.15 bits per heavy atom. The van der Waals surface area contributed by atoms with Crippen LogP contribution in [0.15, 0.2) is 35.1 Å². The lowest BCUT2D eigenvalue weighted by Gasteiger charge is -2.14. The summed E-state index contributed by atoms with van der Waals surface area (Å²) in [6.45, 7) is 4.35. The first kappa shape index (κ1) is 13.3. The number of aromatic nitrogens is 2. The largest absolute Gasteiger partial charge is 0.391 e. The van der Waals surface area contributed by atoms with Crippen LogP contribution in [0.4, 0.5) is 0 Å². The second-order valence-corrected chi connectivity index (χ2v) is 5.52. The smallest absolute Gasteiger partial charge is 0.137 e. The van der Waals surface area contributed by atoms with Crippen molar-refractivity contribution in [1.82, 2.24) is 15.0 Å². The summed E-state index contributed by atoms with van der Waals surface area (Å²) >= 11 is 0. The van der Waals surface area contributed by atoms with Crippen molar-refractivity contribution in [2.75, 3.05) is 13.1 Å². The van der Waals surface area contributed by atoms with Crippen molar-refractivity contribution in [3.63, 3.8) is 0 Å². The molecule has 0 aliphatic carbocycles. The van der Waals surface area contributed by atoms with Gasteiger partial charge in [-0.05, 0) is 24.6 Å². The number of rotatable bonds is 4. The highest BCUT2D eigenvalue weighted by molar-refractivity contribution is 5.10. The molecule has 2 aromatic rings. The van der Waals surface area contributed by atoms with Gasteiger partial charge in [-0.25, -0.2) is 0 Å². The highest BCUT2D eigenvalue weighted by Crippen LogP contribution is 2.23. The predicted molar refractivity (Wildman–Crippen MR) is 74.0 cm³/mol. The Morgan fingerprint density at radius 3 is 2.85 bits per heavy atom. The number of pyridine rings is 1. The number of hydrogen-bond donors (Lipinski definition) is 1. The first-order valence-electron chi connectivity index (χ1n) is 6.92. The second kappa shape index (κ2) is 5.73. The zero-order chi connectivity index (χ0) is 13.9. The molecule has 20 heavy (non-hydrogen) atoms. The van der Waals surface area contributed by atoms with Gasteiger partial charge in [0.25, 0.3) is 0 Å². The molecule has 0 amide bonds. The van der Waals surface area contributed by atoms with Gasteiger partial charge in [-0.15, -0.1) is 0 Å². The standard InChI is InChI=1S/C15H19N3O2/c1-11-6-14(20-17-11)7-13-9-18(10-15(13)19)8-12-2-4-16-5-3-12/h2-6,13,15,19H,7-10H2,1H3/t13-,15+/m1/s1. The van der Waals surface area contributed by atoms with E-state index >= 15 is 0 Å². The van der Waals surface area contributed by atoms with E-state index in [1.165, 1.54) is 5.56 Å². The molecule has 0 radical (unpaired) electrons. The van der Waals surface area contributed by atoms with E-state index in [1.807, 2.05) is 25.1 Å². The highest BCUT2D eigenvalue weighted by atomic mass is 16.5. The molecule has 0 aromatic carbocycles. The van der Waals surface area contributed by atoms with E-state index in [4.69, 9.17) is 4.52 Å². The van der Waals surface area contributed by atoms with E-state index in [-0.39, 0.29) is 12.0 Å². The molecule has 1 aliphatic rings. The molecule has 1 fully saturated rings. The monoisotopic (exact) mass is 273 g/mol. The molecule has 3 rings (SSSR count). The van der Waals surface area contributed by atoms with Crippen molar-refractivity contribution in [3.05, 3.63) is 47.6 Å². The molecule has 2 aromatic heterocycles. The number of aliphatic hydroxyl groups excluding tert-OH is 1. The second-order valence-electron chi connectivity index (χ2n) is 5.52. The summed E-state index contributed by atoms with van der Waals surface area (Å²) in [5, 5.41) is 14.1. The Balaban J connectivity index is 1.59. The van der Waals surface area contributed by atoms with Crippen molar-refractivity contribution in [1.29, 1.82) is 0 Å². The Kier molecular flexibility index (Phi) is 3.80. The minimum Gasteiger partial charge on any atom is -0.391 e. The third-order valence-corrected chi connectivity index (χ3v) is 3.78. The van der Waals surface area contributed by atoms with Gasteiger partial charge in [0.2, 0.25) is 0 Å². The van der Waals surface area contributed by atoms with Gasteiger partial charge < -0.3 is 9.63 Å². The first-order chi connectivity index (χ1) is 9.70. The Labute approximate surface area is 118 Å². The molecule has 1 aliphatic heterocycles. The quantitative estimate of drug-likeness (QED) is 0.912. The SMILES string of the molecule is Cc1cc(C[C@@H]2CN(Cc3ccncc3)C[C@@H]2O)on1. The Hall–Kier alpha value is -1.72. The zero-order valence-corrected chi connectivity index (χ0v) is 11.6. The first-order valence-corrected chi connectivity index (χ1v) is 6.92. The van der Waals surface area contributed by atoms with Crippen LogP contribution in [0.3, 0.4) is 0 Å². The Bertz CT molecular complexity index is 555. The summed E-state index contributed by atoms with van der Waals surface area (Å²) in [6, 6.07) is 5.97. The third-order valence-electron chi connectivity index (χ3n) is 3.78. The fourth-order valence-corrected chi connectivity index (χ4v) is 2.79. The van der Waals surface area contributed by atoms with E-state index in [0.717, 1.165) is 31.0 Å². The molecule has 5 heteroatoms. The molecule has 0 unspecified atom stereocenters. The normalized spacial score (nSPS) is 23.3. The summed E-state index contributed by atoms with van der Waals surface area (Å²) in [6.07, 6.45) is 4.05. The van der Waals surface area contributed by atoms with Crippen molar-refractivity contribution >= 4 is 0 Å². The van der Waals surface area contributed by atoms with Crippen LogP contribution < -0.4 is 0 Å². The van der Waals surface area contributed by atoms with Gasteiger partial charge in [0, 0.05) is 50.4 Å². The fraction of sp³-hybridized carbons (Fsp3) is 0.467. The van der Waals surface area contributed by atoms with Gasteiger partial charge in [0.15, 0.2) is 0 Å². The average Bonchev–Trinajstić information content (AvgIpc) is 2.98. The molecule has 2 atom stereocenters. The molecular formula is C15H19N3O2. The fourth-order valence-electron chi connectivity index (χ4n) is 2.79. The number of aryl methyl sites for hydroxylation is 1. The molecule has 0 spiro atoms. The molecule has 106 valence electrons. The molecule has 0 bridgehead atoms. The summed E-state index contributed by atoms with van der Waals surface area (Å²) in [5.41, 5.74) is 2.12. The van der Waals surface area contributed by atoms with Crippen molar-refractivity contribution in [2.45, 2.75) is 26.0 Å². The number of nitrogens with zero attached hydrogens (tertiary/aromatic N) is 3. The van der Waals surface area contributed by atoms with Crippen LogP contribution in [0, 0.1) is 12.8 Å². The van der Waals surface area contributed by atoms with E-state index in [0.29, 0.717) is 6.54 Å². The maximum atomic E-state index is 10.2. The topological polar surface area (TPSA) is 62.4 Å². The molecule has 5 nitrogen and oxygen atoms in total. The average molecular weight is 273 g/mol. The van der Waals surface area contributed by atoms with Crippen LogP contribution in [0.2, 0.25) is 0 Å². The lowest BCUT2D eigenvalue weighted by Crippen LogP contribution is -2.21. The maximum absolute atomic E-state index is 10.2. The predicted octanol–water partition coefficient (Wildman–Crippen LogP) is 1.41. The van der Waals surface area contributed by atoms with Crippen molar-refractivity contribution in [2.24, 2.45) is 5.92 Å². The van der Waals surface area contributed by atoms with Gasteiger partial charge >= 0.3 is 0 Å². The van der Waals surface area contributed by atoms with Gasteiger partial charge in [0.1, 0.15) is 5.76 Å². The third kappa shape index (κ3) is 3.05. The van der Waals surface area contributed by atoms with Crippen LogP contribution in [0.1, 0.15) is 17.0 Å². The van der Waals surface area contributed by atoms with E-state index in [1.54, 1.807) is 12.4 Å². The van der Waals surface area contributed by atoms with Crippen LogP contribution in [-0.4, -0.2) is 39.3 Å². The summed E-state index contributed by atoms with van der Waals surface area (Å²) in [7, 11) is 0. The number of hydrogen-bond acceptors (Lipinski definition) is 5. The molecule has 0 saturated carbocycles. The number of β-amino-alcohol motifs (C(OH)–C–C–N with tert-alkyl or cyclic N) is 1. The van der Waals surface area contributed by atoms with Crippen molar-refractivity contribution in [3.8, 4) is 0 Å².